The van der Waals surface area contributed by atoms with Crippen LogP contribution in [0, 0.1) is 5.92 Å². The van der Waals surface area contributed by atoms with Crippen LogP contribution < -0.4 is 5.32 Å². The largest absolute Gasteiger partial charge is 0.508 e. The number of piperidine rings is 1. The van der Waals surface area contributed by atoms with E-state index in [-0.39, 0.29) is 40.8 Å². The Bertz CT molecular complexity index is 709. The van der Waals surface area contributed by atoms with Gasteiger partial charge in [0, 0.05) is 25.2 Å². The summed E-state index contributed by atoms with van der Waals surface area (Å²) in [6.07, 6.45) is 1.88. The van der Waals surface area contributed by atoms with Gasteiger partial charge in [0.25, 0.3) is 5.91 Å². The van der Waals surface area contributed by atoms with Gasteiger partial charge in [-0.3, -0.25) is 9.59 Å². The molecule has 1 aromatic carbocycles. The summed E-state index contributed by atoms with van der Waals surface area (Å²) >= 11 is 0. The second-order valence-electron chi connectivity index (χ2n) is 8.34. The summed E-state index contributed by atoms with van der Waals surface area (Å²) in [6, 6.07) is 2.25. The number of phenols is 2. The minimum atomic E-state index is -0.845. The number of carboxylic acid groups (broad SMARTS) is 1. The summed E-state index contributed by atoms with van der Waals surface area (Å²) < 4.78 is 0. The lowest BCUT2D eigenvalue weighted by molar-refractivity contribution is -0.140. The first kappa shape index (κ1) is 22.0. The SMILES string of the molecule is CC(C)C[C@@H](NC1CCN(C(=O)c2cc(C(C)C)c(O)cc2O)CC1)C(=O)O. The van der Waals surface area contributed by atoms with Gasteiger partial charge in [-0.25, -0.2) is 0 Å². The molecule has 1 atom stereocenters. The molecule has 0 bridgehead atoms. The van der Waals surface area contributed by atoms with Crippen LogP contribution in [0.15, 0.2) is 12.1 Å². The Hall–Kier alpha value is -2.28. The Morgan fingerprint density at radius 3 is 2.21 bits per heavy atom. The van der Waals surface area contributed by atoms with Crippen LogP contribution in [0.3, 0.4) is 0 Å². The smallest absolute Gasteiger partial charge is 0.320 e. The van der Waals surface area contributed by atoms with Gasteiger partial charge in [0.15, 0.2) is 0 Å². The number of aromatic hydroxyl groups is 2. The van der Waals surface area contributed by atoms with E-state index in [1.54, 1.807) is 11.0 Å². The van der Waals surface area contributed by atoms with Crippen molar-refractivity contribution in [3.8, 4) is 11.5 Å². The number of carboxylic acids is 1. The van der Waals surface area contributed by atoms with Gasteiger partial charge in [-0.15, -0.1) is 0 Å². The van der Waals surface area contributed by atoms with Crippen molar-refractivity contribution in [2.45, 2.75) is 65.0 Å². The number of nitrogens with one attached hydrogen (secondary N) is 1. The van der Waals surface area contributed by atoms with E-state index in [2.05, 4.69) is 5.32 Å². The van der Waals surface area contributed by atoms with Crippen LogP contribution in [0.5, 0.6) is 11.5 Å². The maximum atomic E-state index is 12.9. The van der Waals surface area contributed by atoms with Crippen molar-refractivity contribution in [2.75, 3.05) is 13.1 Å². The van der Waals surface area contributed by atoms with Gasteiger partial charge < -0.3 is 25.5 Å². The lowest BCUT2D eigenvalue weighted by atomic mass is 9.97. The number of aliphatic carboxylic acids is 1. The fourth-order valence-corrected chi connectivity index (χ4v) is 3.64. The number of rotatable bonds is 7. The van der Waals surface area contributed by atoms with E-state index in [0.29, 0.717) is 37.9 Å². The van der Waals surface area contributed by atoms with Crippen molar-refractivity contribution in [3.63, 3.8) is 0 Å². The summed E-state index contributed by atoms with van der Waals surface area (Å²) in [5, 5.41) is 32.7. The summed E-state index contributed by atoms with van der Waals surface area (Å²) in [5.74, 6) is -1.05. The van der Waals surface area contributed by atoms with Gasteiger partial charge >= 0.3 is 5.97 Å². The average molecular weight is 392 g/mol. The van der Waals surface area contributed by atoms with Crippen molar-refractivity contribution < 1.29 is 24.9 Å². The Kier molecular flexibility index (Phi) is 7.29. The molecule has 1 amide bonds. The highest BCUT2D eigenvalue weighted by Crippen LogP contribution is 2.33. The number of carbonyl (C=O) groups is 2. The molecule has 2 rings (SSSR count). The molecule has 1 fully saturated rings. The fourth-order valence-electron chi connectivity index (χ4n) is 3.64. The topological polar surface area (TPSA) is 110 Å². The minimum Gasteiger partial charge on any atom is -0.508 e. The van der Waals surface area contributed by atoms with E-state index in [9.17, 15) is 24.9 Å². The highest BCUT2D eigenvalue weighted by molar-refractivity contribution is 5.97. The molecule has 1 saturated heterocycles. The molecule has 0 unspecified atom stereocenters. The lowest BCUT2D eigenvalue weighted by Crippen LogP contribution is -2.50. The van der Waals surface area contributed by atoms with Crippen LogP contribution >= 0.6 is 0 Å². The quantitative estimate of drug-likeness (QED) is 0.568. The predicted octanol–water partition coefficient (Wildman–Crippen LogP) is 2.91. The number of phenolic OH excluding ortho intramolecular Hbond substituents is 2. The van der Waals surface area contributed by atoms with E-state index in [4.69, 9.17) is 0 Å². The lowest BCUT2D eigenvalue weighted by Gasteiger charge is -2.34. The Balaban J connectivity index is 2.02. The molecular formula is C21H32N2O5. The Labute approximate surface area is 166 Å². The van der Waals surface area contributed by atoms with Gasteiger partial charge in [-0.1, -0.05) is 27.7 Å². The van der Waals surface area contributed by atoms with Gasteiger partial charge in [-0.05, 0) is 42.7 Å². The average Bonchev–Trinajstić information content (AvgIpc) is 2.60. The number of likely N-dealkylation sites (tertiary alicyclic amines) is 1. The number of benzene rings is 1. The summed E-state index contributed by atoms with van der Waals surface area (Å²) in [5.41, 5.74) is 0.812. The first-order valence-electron chi connectivity index (χ1n) is 9.94. The molecule has 0 radical (unpaired) electrons. The highest BCUT2D eigenvalue weighted by Gasteiger charge is 2.29. The first-order chi connectivity index (χ1) is 13.1. The van der Waals surface area contributed by atoms with Crippen LogP contribution in [-0.2, 0) is 4.79 Å². The number of hydrogen-bond donors (Lipinski definition) is 4. The maximum absolute atomic E-state index is 12.9. The van der Waals surface area contributed by atoms with Gasteiger partial charge in [0.05, 0.1) is 5.56 Å². The van der Waals surface area contributed by atoms with Crippen molar-refractivity contribution >= 4 is 11.9 Å². The molecule has 156 valence electrons. The minimum absolute atomic E-state index is 0.0168. The highest BCUT2D eigenvalue weighted by atomic mass is 16.4. The normalized spacial score (nSPS) is 16.6. The number of carbonyl (C=O) groups excluding carboxylic acids is 1. The number of hydrogen-bond acceptors (Lipinski definition) is 5. The molecule has 1 heterocycles. The third kappa shape index (κ3) is 5.38. The van der Waals surface area contributed by atoms with Crippen molar-refractivity contribution in [1.82, 2.24) is 10.2 Å². The molecule has 0 aromatic heterocycles. The number of amides is 1. The third-order valence-corrected chi connectivity index (χ3v) is 5.22. The van der Waals surface area contributed by atoms with Crippen LogP contribution in [0.2, 0.25) is 0 Å². The van der Waals surface area contributed by atoms with Crippen molar-refractivity contribution in [3.05, 3.63) is 23.3 Å². The predicted molar refractivity (Wildman–Crippen MR) is 107 cm³/mol. The zero-order valence-corrected chi connectivity index (χ0v) is 17.1. The van der Waals surface area contributed by atoms with E-state index in [1.807, 2.05) is 27.7 Å². The first-order valence-corrected chi connectivity index (χ1v) is 9.94. The molecule has 1 aromatic rings. The Morgan fingerprint density at radius 1 is 1.11 bits per heavy atom. The van der Waals surface area contributed by atoms with Gasteiger partial charge in [-0.2, -0.15) is 0 Å². The van der Waals surface area contributed by atoms with Crippen molar-refractivity contribution in [1.29, 1.82) is 0 Å². The second-order valence-corrected chi connectivity index (χ2v) is 8.34. The molecule has 7 nitrogen and oxygen atoms in total. The molecule has 28 heavy (non-hydrogen) atoms. The van der Waals surface area contributed by atoms with E-state index < -0.39 is 12.0 Å². The van der Waals surface area contributed by atoms with Gasteiger partial charge in [0.2, 0.25) is 0 Å². The Morgan fingerprint density at radius 2 is 1.71 bits per heavy atom. The van der Waals surface area contributed by atoms with E-state index in [1.165, 1.54) is 6.07 Å². The molecule has 1 aliphatic heterocycles. The fraction of sp³-hybridized carbons (Fsp3) is 0.619. The molecule has 4 N–H and O–H groups in total. The monoisotopic (exact) mass is 392 g/mol. The molecule has 0 aliphatic carbocycles. The van der Waals surface area contributed by atoms with Crippen LogP contribution in [0.25, 0.3) is 0 Å². The van der Waals surface area contributed by atoms with Crippen LogP contribution in [0.1, 0.15) is 68.8 Å². The zero-order chi connectivity index (χ0) is 21.0. The second kappa shape index (κ2) is 9.28. The standard InChI is InChI=1S/C21H32N2O5/c1-12(2)9-17(21(27)28)22-14-5-7-23(8-6-14)20(26)16-10-15(13(3)4)18(24)11-19(16)25/h10-14,17,22,24-25H,5-9H2,1-4H3,(H,27,28)/t17-/m1/s1. The number of nitrogens with zero attached hydrogens (tertiary/aromatic N) is 1. The van der Waals surface area contributed by atoms with Crippen LogP contribution in [0.4, 0.5) is 0 Å². The molecule has 1 aliphatic rings. The van der Waals surface area contributed by atoms with Gasteiger partial charge in [0.1, 0.15) is 17.5 Å². The molecule has 7 heteroatoms. The summed E-state index contributed by atoms with van der Waals surface area (Å²) in [7, 11) is 0. The maximum Gasteiger partial charge on any atom is 0.320 e. The third-order valence-electron chi connectivity index (χ3n) is 5.22. The summed E-state index contributed by atoms with van der Waals surface area (Å²) in [6.45, 7) is 8.79. The molecular weight excluding hydrogens is 360 g/mol. The summed E-state index contributed by atoms with van der Waals surface area (Å²) in [4.78, 5) is 26.0. The van der Waals surface area contributed by atoms with Crippen molar-refractivity contribution in [2.24, 2.45) is 5.92 Å². The van der Waals surface area contributed by atoms with Crippen LogP contribution in [-0.4, -0.2) is 57.3 Å². The zero-order valence-electron chi connectivity index (χ0n) is 17.1. The van der Waals surface area contributed by atoms with E-state index in [0.717, 1.165) is 0 Å². The molecule has 0 spiro atoms. The molecule has 0 saturated carbocycles. The van der Waals surface area contributed by atoms with E-state index >= 15 is 0 Å².